The van der Waals surface area contributed by atoms with E-state index in [1.165, 1.54) is 6.08 Å². The second-order valence-corrected chi connectivity index (χ2v) is 2.65. The molecule has 0 saturated carbocycles. The van der Waals surface area contributed by atoms with Gasteiger partial charge >= 0.3 is 0 Å². The maximum atomic E-state index is 9.89. The third-order valence-corrected chi connectivity index (χ3v) is 1.84. The van der Waals surface area contributed by atoms with E-state index in [0.29, 0.717) is 5.56 Å². The van der Waals surface area contributed by atoms with Crippen LogP contribution in [0.15, 0.2) is 17.1 Å². The zero-order valence-electron chi connectivity index (χ0n) is 6.34. The van der Waals surface area contributed by atoms with Gasteiger partial charge in [-0.05, 0) is 18.6 Å². The first-order valence-electron chi connectivity index (χ1n) is 3.22. The van der Waals surface area contributed by atoms with E-state index in [-0.39, 0.29) is 16.5 Å². The van der Waals surface area contributed by atoms with Gasteiger partial charge in [-0.15, -0.1) is 0 Å². The molecule has 1 rings (SSSR count). The molecule has 4 heteroatoms. The summed E-state index contributed by atoms with van der Waals surface area (Å²) >= 11 is 5.65. The molecule has 0 aliphatic heterocycles. The summed E-state index contributed by atoms with van der Waals surface area (Å²) in [5, 5.41) is 9.37. The van der Waals surface area contributed by atoms with E-state index in [1.54, 1.807) is 19.1 Å². The number of phenolic OH excluding ortho intramolecular Hbond substituents is 1. The van der Waals surface area contributed by atoms with E-state index < -0.39 is 0 Å². The van der Waals surface area contributed by atoms with E-state index in [4.69, 9.17) is 11.6 Å². The van der Waals surface area contributed by atoms with Gasteiger partial charge in [0.15, 0.2) is 0 Å². The minimum atomic E-state index is -0.0480. The lowest BCUT2D eigenvalue weighted by Crippen LogP contribution is -1.76. The molecule has 0 spiro atoms. The van der Waals surface area contributed by atoms with E-state index in [1.807, 2.05) is 0 Å². The number of phenols is 1. The number of isocyanates is 1. The van der Waals surface area contributed by atoms with Crippen LogP contribution < -0.4 is 0 Å². The highest BCUT2D eigenvalue weighted by molar-refractivity contribution is 6.34. The number of hydrogen-bond donors (Lipinski definition) is 1. The summed E-state index contributed by atoms with van der Waals surface area (Å²) in [5.74, 6) is -0.0480. The molecule has 0 atom stereocenters. The first-order chi connectivity index (χ1) is 5.66. The predicted octanol–water partition coefficient (Wildman–Crippen LogP) is 2.32. The van der Waals surface area contributed by atoms with Gasteiger partial charge in [-0.2, -0.15) is 4.99 Å². The monoisotopic (exact) mass is 183 g/mol. The first-order valence-corrected chi connectivity index (χ1v) is 3.60. The number of nitrogens with zero attached hydrogens (tertiary/aromatic N) is 1. The van der Waals surface area contributed by atoms with Gasteiger partial charge in [0.05, 0.1) is 5.69 Å². The summed E-state index contributed by atoms with van der Waals surface area (Å²) in [4.78, 5) is 13.2. The van der Waals surface area contributed by atoms with Crippen molar-refractivity contribution in [3.8, 4) is 5.75 Å². The van der Waals surface area contributed by atoms with E-state index >= 15 is 0 Å². The normalized spacial score (nSPS) is 9.17. The summed E-state index contributed by atoms with van der Waals surface area (Å²) in [7, 11) is 0. The maximum absolute atomic E-state index is 9.89. The molecular weight excluding hydrogens is 178 g/mol. The molecule has 0 bridgehead atoms. The van der Waals surface area contributed by atoms with Gasteiger partial charge in [0.25, 0.3) is 0 Å². The topological polar surface area (TPSA) is 49.7 Å². The molecule has 0 unspecified atom stereocenters. The minimum absolute atomic E-state index is 0.0480. The molecular formula is C8H6ClNO2. The van der Waals surface area contributed by atoms with Crippen LogP contribution >= 0.6 is 11.6 Å². The fraction of sp³-hybridized carbons (Fsp3) is 0.125. The van der Waals surface area contributed by atoms with Gasteiger partial charge in [-0.1, -0.05) is 17.7 Å². The van der Waals surface area contributed by atoms with Crippen LogP contribution in [0.4, 0.5) is 5.69 Å². The van der Waals surface area contributed by atoms with Crippen molar-refractivity contribution in [1.82, 2.24) is 0 Å². The van der Waals surface area contributed by atoms with Crippen LogP contribution in [0.5, 0.6) is 5.75 Å². The number of aryl methyl sites for hydroxylation is 1. The molecule has 62 valence electrons. The molecule has 0 amide bonds. The van der Waals surface area contributed by atoms with Gasteiger partial charge in [-0.3, -0.25) is 0 Å². The quantitative estimate of drug-likeness (QED) is 0.537. The third kappa shape index (κ3) is 1.47. The molecule has 1 aromatic rings. The van der Waals surface area contributed by atoms with Gasteiger partial charge in [0, 0.05) is 0 Å². The summed E-state index contributed by atoms with van der Waals surface area (Å²) < 4.78 is 0. The maximum Gasteiger partial charge on any atom is 0.240 e. The fourth-order valence-electron chi connectivity index (χ4n) is 0.786. The van der Waals surface area contributed by atoms with Crippen molar-refractivity contribution in [2.45, 2.75) is 6.92 Å². The largest absolute Gasteiger partial charge is 0.506 e. The van der Waals surface area contributed by atoms with Crippen LogP contribution in [0, 0.1) is 6.92 Å². The third-order valence-electron chi connectivity index (χ3n) is 1.46. The van der Waals surface area contributed by atoms with Crippen molar-refractivity contribution in [2.24, 2.45) is 4.99 Å². The second kappa shape index (κ2) is 3.39. The Balaban J connectivity index is 3.35. The molecule has 1 N–H and O–H groups in total. The van der Waals surface area contributed by atoms with Crippen LogP contribution in [-0.4, -0.2) is 11.2 Å². The Hall–Kier alpha value is -1.31. The first kappa shape index (κ1) is 8.78. The van der Waals surface area contributed by atoms with Crippen LogP contribution in [0.25, 0.3) is 0 Å². The minimum Gasteiger partial charge on any atom is -0.506 e. The Morgan fingerprint density at radius 1 is 1.58 bits per heavy atom. The molecule has 0 aromatic heterocycles. The Labute approximate surface area is 74.3 Å². The number of hydrogen-bond acceptors (Lipinski definition) is 3. The molecule has 0 heterocycles. The Bertz CT molecular complexity index is 356. The Kier molecular flexibility index (Phi) is 2.48. The standard InChI is InChI=1S/C8H6ClNO2/c1-5-2-3-6(10-4-11)7(9)8(5)12/h2-3,12H,1H3. The molecule has 3 nitrogen and oxygen atoms in total. The summed E-state index contributed by atoms with van der Waals surface area (Å²) in [6.45, 7) is 1.70. The number of carbonyl (C=O) groups excluding carboxylic acids is 1. The average Bonchev–Trinajstić information content (AvgIpc) is 2.07. The summed E-state index contributed by atoms with van der Waals surface area (Å²) in [5.41, 5.74) is 0.875. The highest BCUT2D eigenvalue weighted by atomic mass is 35.5. The van der Waals surface area contributed by atoms with Gasteiger partial charge in [0.1, 0.15) is 10.8 Å². The van der Waals surface area contributed by atoms with Crippen molar-refractivity contribution in [3.63, 3.8) is 0 Å². The highest BCUT2D eigenvalue weighted by Gasteiger charge is 2.06. The Morgan fingerprint density at radius 2 is 2.25 bits per heavy atom. The van der Waals surface area contributed by atoms with E-state index in [0.717, 1.165) is 0 Å². The van der Waals surface area contributed by atoms with Gasteiger partial charge in [-0.25, -0.2) is 4.79 Å². The Morgan fingerprint density at radius 3 is 2.83 bits per heavy atom. The lowest BCUT2D eigenvalue weighted by Gasteiger charge is -2.01. The smallest absolute Gasteiger partial charge is 0.240 e. The zero-order valence-corrected chi connectivity index (χ0v) is 7.09. The van der Waals surface area contributed by atoms with E-state index in [9.17, 15) is 9.90 Å². The van der Waals surface area contributed by atoms with Gasteiger partial charge in [0.2, 0.25) is 6.08 Å². The summed E-state index contributed by atoms with van der Waals surface area (Å²) in [6, 6.07) is 3.17. The number of aromatic hydroxyl groups is 1. The molecule has 0 aliphatic rings. The predicted molar refractivity (Wildman–Crippen MR) is 45.6 cm³/mol. The zero-order chi connectivity index (χ0) is 9.14. The molecule has 0 radical (unpaired) electrons. The van der Waals surface area contributed by atoms with Crippen molar-refractivity contribution in [3.05, 3.63) is 22.7 Å². The second-order valence-electron chi connectivity index (χ2n) is 2.27. The van der Waals surface area contributed by atoms with Crippen LogP contribution in [-0.2, 0) is 4.79 Å². The van der Waals surface area contributed by atoms with Gasteiger partial charge < -0.3 is 5.11 Å². The molecule has 12 heavy (non-hydrogen) atoms. The average molecular weight is 184 g/mol. The summed E-state index contributed by atoms with van der Waals surface area (Å²) in [6.07, 6.45) is 1.35. The van der Waals surface area contributed by atoms with Crippen molar-refractivity contribution >= 4 is 23.4 Å². The lowest BCUT2D eigenvalue weighted by molar-refractivity contribution is 0.471. The number of benzene rings is 1. The molecule has 0 saturated heterocycles. The van der Waals surface area contributed by atoms with E-state index in [2.05, 4.69) is 4.99 Å². The molecule has 1 aromatic carbocycles. The number of halogens is 1. The van der Waals surface area contributed by atoms with Crippen LogP contribution in [0.1, 0.15) is 5.56 Å². The highest BCUT2D eigenvalue weighted by Crippen LogP contribution is 2.35. The fourth-order valence-corrected chi connectivity index (χ4v) is 1.04. The van der Waals surface area contributed by atoms with Crippen LogP contribution in [0.2, 0.25) is 5.02 Å². The lowest BCUT2D eigenvalue weighted by atomic mass is 10.2. The van der Waals surface area contributed by atoms with Crippen molar-refractivity contribution in [1.29, 1.82) is 0 Å². The molecule has 0 aliphatic carbocycles. The van der Waals surface area contributed by atoms with Crippen molar-refractivity contribution in [2.75, 3.05) is 0 Å². The molecule has 0 fully saturated rings. The van der Waals surface area contributed by atoms with Crippen molar-refractivity contribution < 1.29 is 9.90 Å². The number of aliphatic imine (C=N–C) groups is 1. The SMILES string of the molecule is Cc1ccc(N=C=O)c(Cl)c1O. The number of rotatable bonds is 1. The van der Waals surface area contributed by atoms with Crippen LogP contribution in [0.3, 0.4) is 0 Å².